The van der Waals surface area contributed by atoms with Gasteiger partial charge in [-0.05, 0) is 43.2 Å². The van der Waals surface area contributed by atoms with E-state index in [2.05, 4.69) is 0 Å². The van der Waals surface area contributed by atoms with Crippen LogP contribution >= 0.6 is 0 Å². The number of carbonyl (C=O) groups is 2. The third-order valence-corrected chi connectivity index (χ3v) is 6.18. The van der Waals surface area contributed by atoms with Gasteiger partial charge in [0, 0.05) is 13.1 Å². The molecule has 0 N–H and O–H groups in total. The molecule has 1 heterocycles. The van der Waals surface area contributed by atoms with Crippen LogP contribution in [0.25, 0.3) is 0 Å². The van der Waals surface area contributed by atoms with Crippen LogP contribution in [0.1, 0.15) is 33.6 Å². The molecular formula is C19H18FNO5S. The Balaban J connectivity index is 1.70. The smallest absolute Gasteiger partial charge is 0.338 e. The van der Waals surface area contributed by atoms with Gasteiger partial charge in [0.1, 0.15) is 5.82 Å². The van der Waals surface area contributed by atoms with E-state index in [4.69, 9.17) is 4.74 Å². The maximum atomic E-state index is 13.6. The fraction of sp³-hybridized carbons (Fsp3) is 0.263. The van der Waals surface area contributed by atoms with Crippen molar-refractivity contribution in [3.8, 4) is 0 Å². The van der Waals surface area contributed by atoms with Crippen LogP contribution in [0.15, 0.2) is 53.4 Å². The van der Waals surface area contributed by atoms with Crippen molar-refractivity contribution in [2.75, 3.05) is 19.7 Å². The summed E-state index contributed by atoms with van der Waals surface area (Å²) in [5, 5.41) is 0. The van der Waals surface area contributed by atoms with Crippen molar-refractivity contribution < 1.29 is 27.1 Å². The maximum Gasteiger partial charge on any atom is 0.338 e. The number of ether oxygens (including phenoxy) is 1. The molecule has 0 aromatic heterocycles. The molecule has 0 unspecified atom stereocenters. The summed E-state index contributed by atoms with van der Waals surface area (Å²) in [5.41, 5.74) is -0.160. The summed E-state index contributed by atoms with van der Waals surface area (Å²) in [6.45, 7) is 0.269. The van der Waals surface area contributed by atoms with Gasteiger partial charge in [-0.25, -0.2) is 17.6 Å². The van der Waals surface area contributed by atoms with E-state index in [0.29, 0.717) is 13.1 Å². The van der Waals surface area contributed by atoms with Gasteiger partial charge in [-0.15, -0.1) is 0 Å². The second-order valence-corrected chi connectivity index (χ2v) is 8.06. The molecule has 0 aliphatic carbocycles. The topological polar surface area (TPSA) is 80.8 Å². The van der Waals surface area contributed by atoms with E-state index in [1.807, 2.05) is 0 Å². The molecule has 27 heavy (non-hydrogen) atoms. The van der Waals surface area contributed by atoms with Crippen molar-refractivity contribution in [2.45, 2.75) is 17.7 Å². The largest absolute Gasteiger partial charge is 0.454 e. The minimum absolute atomic E-state index is 0.000666. The summed E-state index contributed by atoms with van der Waals surface area (Å²) in [6, 6.07) is 10.9. The number of Topliss-reactive ketones (excluding diaryl/α,β-unsaturated/α-hetero) is 1. The number of benzene rings is 2. The quantitative estimate of drug-likeness (QED) is 0.559. The van der Waals surface area contributed by atoms with Crippen molar-refractivity contribution in [1.82, 2.24) is 4.31 Å². The van der Waals surface area contributed by atoms with E-state index in [-0.39, 0.29) is 16.0 Å². The van der Waals surface area contributed by atoms with Gasteiger partial charge in [-0.1, -0.05) is 18.2 Å². The molecule has 1 saturated heterocycles. The molecule has 142 valence electrons. The summed E-state index contributed by atoms with van der Waals surface area (Å²) < 4.78 is 45.0. The number of halogens is 1. The molecular weight excluding hydrogens is 373 g/mol. The summed E-state index contributed by atoms with van der Waals surface area (Å²) >= 11 is 0. The fourth-order valence-corrected chi connectivity index (χ4v) is 4.40. The van der Waals surface area contributed by atoms with Crippen LogP contribution in [0.3, 0.4) is 0 Å². The first-order chi connectivity index (χ1) is 12.9. The van der Waals surface area contributed by atoms with E-state index in [0.717, 1.165) is 18.9 Å². The Kier molecular flexibility index (Phi) is 5.67. The van der Waals surface area contributed by atoms with Crippen LogP contribution in [0.2, 0.25) is 0 Å². The van der Waals surface area contributed by atoms with Crippen LogP contribution in [0.5, 0.6) is 0 Å². The lowest BCUT2D eigenvalue weighted by atomic mass is 10.1. The molecule has 0 atom stereocenters. The lowest BCUT2D eigenvalue weighted by Crippen LogP contribution is -2.28. The van der Waals surface area contributed by atoms with E-state index < -0.39 is 34.2 Å². The van der Waals surface area contributed by atoms with Gasteiger partial charge in [0.15, 0.2) is 6.61 Å². The second kappa shape index (κ2) is 7.98. The van der Waals surface area contributed by atoms with Crippen LogP contribution in [-0.2, 0) is 14.8 Å². The summed E-state index contributed by atoms with van der Waals surface area (Å²) in [7, 11) is -3.67. The predicted molar refractivity (Wildman–Crippen MR) is 95.4 cm³/mol. The first-order valence-electron chi connectivity index (χ1n) is 8.44. The van der Waals surface area contributed by atoms with Crippen molar-refractivity contribution in [1.29, 1.82) is 0 Å². The molecule has 0 bridgehead atoms. The van der Waals surface area contributed by atoms with Crippen LogP contribution in [-0.4, -0.2) is 44.2 Å². The molecule has 2 aromatic rings. The zero-order valence-electron chi connectivity index (χ0n) is 14.4. The average Bonchev–Trinajstić information content (AvgIpc) is 3.22. The number of rotatable bonds is 6. The first kappa shape index (κ1) is 19.2. The molecule has 1 aliphatic rings. The van der Waals surface area contributed by atoms with Gasteiger partial charge >= 0.3 is 5.97 Å². The number of esters is 1. The molecule has 6 nitrogen and oxygen atoms in total. The Morgan fingerprint density at radius 2 is 1.74 bits per heavy atom. The maximum absolute atomic E-state index is 13.6. The third-order valence-electron chi connectivity index (χ3n) is 4.28. The molecule has 8 heteroatoms. The Morgan fingerprint density at radius 3 is 2.44 bits per heavy atom. The number of sulfonamides is 1. The van der Waals surface area contributed by atoms with Crippen molar-refractivity contribution in [2.24, 2.45) is 0 Å². The number of hydrogen-bond acceptors (Lipinski definition) is 5. The lowest BCUT2D eigenvalue weighted by molar-refractivity contribution is 0.0473. The average molecular weight is 391 g/mol. The van der Waals surface area contributed by atoms with E-state index in [1.165, 1.54) is 46.8 Å². The Bertz CT molecular complexity index is 968. The van der Waals surface area contributed by atoms with Gasteiger partial charge < -0.3 is 4.74 Å². The normalized spacial score (nSPS) is 14.9. The second-order valence-electron chi connectivity index (χ2n) is 6.12. The molecule has 0 saturated carbocycles. The fourth-order valence-electron chi connectivity index (χ4n) is 2.84. The zero-order valence-corrected chi connectivity index (χ0v) is 15.2. The van der Waals surface area contributed by atoms with Crippen molar-refractivity contribution in [3.63, 3.8) is 0 Å². The molecule has 0 spiro atoms. The molecule has 3 rings (SSSR count). The highest BCUT2D eigenvalue weighted by Gasteiger charge is 2.27. The molecule has 1 fully saturated rings. The predicted octanol–water partition coefficient (Wildman–Crippen LogP) is 2.65. The number of nitrogens with zero attached hydrogens (tertiary/aromatic N) is 1. The van der Waals surface area contributed by atoms with E-state index in [1.54, 1.807) is 0 Å². The van der Waals surface area contributed by atoms with Gasteiger partial charge in [0.2, 0.25) is 15.8 Å². The zero-order chi connectivity index (χ0) is 19.4. The van der Waals surface area contributed by atoms with Gasteiger partial charge in [-0.3, -0.25) is 4.79 Å². The van der Waals surface area contributed by atoms with Crippen LogP contribution < -0.4 is 0 Å². The summed E-state index contributed by atoms with van der Waals surface area (Å²) in [6.07, 6.45) is 1.61. The molecule has 1 aliphatic heterocycles. The summed E-state index contributed by atoms with van der Waals surface area (Å²) in [4.78, 5) is 24.2. The Labute approximate surface area is 156 Å². The van der Waals surface area contributed by atoms with Crippen LogP contribution in [0.4, 0.5) is 4.39 Å². The van der Waals surface area contributed by atoms with E-state index >= 15 is 0 Å². The highest BCUT2D eigenvalue weighted by molar-refractivity contribution is 7.89. The third kappa shape index (κ3) is 4.23. The number of carbonyl (C=O) groups excluding carboxylic acids is 2. The first-order valence-corrected chi connectivity index (χ1v) is 9.88. The number of ketones is 1. The van der Waals surface area contributed by atoms with E-state index in [9.17, 15) is 22.4 Å². The Hall–Kier alpha value is -2.58. The van der Waals surface area contributed by atoms with Crippen LogP contribution in [0, 0.1) is 5.82 Å². The molecule has 2 aromatic carbocycles. The standard InChI is InChI=1S/C19H18FNO5S/c20-17-9-2-1-8-16(17)18(22)13-26-19(23)14-6-5-7-15(12-14)27(24,25)21-10-3-4-11-21/h1-2,5-9,12H,3-4,10-11,13H2. The molecule has 0 amide bonds. The van der Waals surface area contributed by atoms with Crippen molar-refractivity contribution >= 4 is 21.8 Å². The monoisotopic (exact) mass is 391 g/mol. The molecule has 0 radical (unpaired) electrons. The SMILES string of the molecule is O=C(OCC(=O)c1ccccc1F)c1cccc(S(=O)(=O)N2CCCC2)c1. The Morgan fingerprint density at radius 1 is 1.04 bits per heavy atom. The minimum Gasteiger partial charge on any atom is -0.454 e. The highest BCUT2D eigenvalue weighted by Crippen LogP contribution is 2.22. The highest BCUT2D eigenvalue weighted by atomic mass is 32.2. The van der Waals surface area contributed by atoms with Crippen molar-refractivity contribution in [3.05, 3.63) is 65.5 Å². The van der Waals surface area contributed by atoms with Gasteiger partial charge in [0.25, 0.3) is 0 Å². The van der Waals surface area contributed by atoms with Gasteiger partial charge in [0.05, 0.1) is 16.0 Å². The summed E-state index contributed by atoms with van der Waals surface area (Å²) in [5.74, 6) is -2.22. The lowest BCUT2D eigenvalue weighted by Gasteiger charge is -2.15. The number of hydrogen-bond donors (Lipinski definition) is 0. The minimum atomic E-state index is -3.67. The van der Waals surface area contributed by atoms with Gasteiger partial charge in [-0.2, -0.15) is 4.31 Å².